The molecule has 0 radical (unpaired) electrons. The molecule has 2 unspecified atom stereocenters. The SMILES string of the molecule is Cc1ccc(C(=O)CC2C(=O)N(c3ccc(C)cc3)C(c3ccc(N(C)C)cc3)C(=O)N2C2CCCCC2)cc1. The first-order chi connectivity index (χ1) is 19.2. The van der Waals surface area contributed by atoms with Gasteiger partial charge in [0.2, 0.25) is 0 Å². The van der Waals surface area contributed by atoms with Gasteiger partial charge in [-0.25, -0.2) is 0 Å². The van der Waals surface area contributed by atoms with Gasteiger partial charge >= 0.3 is 0 Å². The minimum Gasteiger partial charge on any atom is -0.378 e. The second-order valence-electron chi connectivity index (χ2n) is 11.5. The van der Waals surface area contributed by atoms with E-state index in [9.17, 15) is 14.4 Å². The average Bonchev–Trinajstić information content (AvgIpc) is 2.96. The molecule has 208 valence electrons. The first-order valence-corrected chi connectivity index (χ1v) is 14.3. The highest BCUT2D eigenvalue weighted by Gasteiger charge is 2.50. The van der Waals surface area contributed by atoms with E-state index in [1.165, 1.54) is 0 Å². The fourth-order valence-corrected chi connectivity index (χ4v) is 6.05. The zero-order valence-electron chi connectivity index (χ0n) is 24.0. The standard InChI is InChI=1S/C34H39N3O3/c1-23-10-14-25(15-11-23)31(38)22-30-33(39)37(29-18-12-24(2)13-19-29)32(26-16-20-27(21-17-26)35(3)4)34(40)36(30)28-8-6-5-7-9-28/h10-21,28,30,32H,5-9,22H2,1-4H3. The summed E-state index contributed by atoms with van der Waals surface area (Å²) in [5.41, 5.74) is 5.17. The Kier molecular flexibility index (Phi) is 8.06. The van der Waals surface area contributed by atoms with Crippen molar-refractivity contribution in [2.45, 2.75) is 70.5 Å². The summed E-state index contributed by atoms with van der Waals surface area (Å²) < 4.78 is 0. The van der Waals surface area contributed by atoms with E-state index in [1.54, 1.807) is 9.80 Å². The van der Waals surface area contributed by atoms with Gasteiger partial charge in [-0.1, -0.05) is 78.9 Å². The Hall–Kier alpha value is -3.93. The van der Waals surface area contributed by atoms with Gasteiger partial charge < -0.3 is 9.80 Å². The van der Waals surface area contributed by atoms with Crippen LogP contribution in [0.3, 0.4) is 0 Å². The van der Waals surface area contributed by atoms with E-state index in [1.807, 2.05) is 106 Å². The predicted molar refractivity (Wildman–Crippen MR) is 160 cm³/mol. The van der Waals surface area contributed by atoms with Crippen LogP contribution in [0, 0.1) is 13.8 Å². The van der Waals surface area contributed by atoms with Crippen LogP contribution in [0.25, 0.3) is 0 Å². The van der Waals surface area contributed by atoms with Gasteiger partial charge in [-0.3, -0.25) is 19.3 Å². The number of Topliss-reactive ketones (excluding diaryl/α,β-unsaturated/α-hetero) is 1. The Bertz CT molecular complexity index is 1360. The van der Waals surface area contributed by atoms with Gasteiger partial charge in [0.15, 0.2) is 5.78 Å². The lowest BCUT2D eigenvalue weighted by atomic mass is 9.87. The smallest absolute Gasteiger partial charge is 0.251 e. The van der Waals surface area contributed by atoms with E-state index < -0.39 is 12.1 Å². The topological polar surface area (TPSA) is 60.9 Å². The number of aryl methyl sites for hydroxylation is 2. The number of hydrogen-bond donors (Lipinski definition) is 0. The molecule has 3 aromatic carbocycles. The summed E-state index contributed by atoms with van der Waals surface area (Å²) in [7, 11) is 3.95. The lowest BCUT2D eigenvalue weighted by Crippen LogP contribution is -2.64. The van der Waals surface area contributed by atoms with Crippen LogP contribution in [0.4, 0.5) is 11.4 Å². The molecule has 2 fully saturated rings. The second kappa shape index (κ2) is 11.7. The molecule has 2 atom stereocenters. The second-order valence-corrected chi connectivity index (χ2v) is 11.5. The first kappa shape index (κ1) is 27.6. The van der Waals surface area contributed by atoms with Crippen molar-refractivity contribution in [3.05, 3.63) is 95.1 Å². The minimum absolute atomic E-state index is 0.0290. The zero-order chi connectivity index (χ0) is 28.4. The molecule has 6 heteroatoms. The molecule has 3 aromatic rings. The molecule has 2 aliphatic rings. The van der Waals surface area contributed by atoms with Crippen LogP contribution in [-0.4, -0.2) is 48.7 Å². The van der Waals surface area contributed by atoms with Crippen LogP contribution in [-0.2, 0) is 9.59 Å². The Morgan fingerprint density at radius 2 is 1.35 bits per heavy atom. The van der Waals surface area contributed by atoms with Crippen molar-refractivity contribution in [3.63, 3.8) is 0 Å². The van der Waals surface area contributed by atoms with Crippen LogP contribution in [0.5, 0.6) is 0 Å². The Labute approximate surface area is 237 Å². The van der Waals surface area contributed by atoms with Crippen LogP contribution in [0.2, 0.25) is 0 Å². The Balaban J connectivity index is 1.59. The number of benzene rings is 3. The first-order valence-electron chi connectivity index (χ1n) is 14.3. The number of ketones is 1. The van der Waals surface area contributed by atoms with Crippen molar-refractivity contribution in [1.29, 1.82) is 0 Å². The fourth-order valence-electron chi connectivity index (χ4n) is 6.05. The maximum atomic E-state index is 14.6. The summed E-state index contributed by atoms with van der Waals surface area (Å²) in [6.45, 7) is 3.98. The van der Waals surface area contributed by atoms with Crippen molar-refractivity contribution in [2.24, 2.45) is 0 Å². The number of anilines is 2. The molecule has 1 saturated carbocycles. The number of carbonyl (C=O) groups is 3. The van der Waals surface area contributed by atoms with Gasteiger partial charge in [0.25, 0.3) is 11.8 Å². The zero-order valence-corrected chi connectivity index (χ0v) is 24.0. The number of carbonyl (C=O) groups excluding carboxylic acids is 3. The molecule has 40 heavy (non-hydrogen) atoms. The molecule has 2 amide bonds. The third-order valence-electron chi connectivity index (χ3n) is 8.36. The van der Waals surface area contributed by atoms with Crippen molar-refractivity contribution < 1.29 is 14.4 Å². The van der Waals surface area contributed by atoms with Gasteiger partial charge in [0.05, 0.1) is 0 Å². The molecule has 1 aliphatic heterocycles. The number of hydrogen-bond acceptors (Lipinski definition) is 4. The van der Waals surface area contributed by atoms with E-state index in [0.29, 0.717) is 11.3 Å². The van der Waals surface area contributed by atoms with Crippen molar-refractivity contribution in [1.82, 2.24) is 4.90 Å². The normalized spacial score (nSPS) is 20.1. The number of nitrogens with zero attached hydrogens (tertiary/aromatic N) is 3. The van der Waals surface area contributed by atoms with E-state index in [4.69, 9.17) is 0 Å². The molecule has 0 N–H and O–H groups in total. The summed E-state index contributed by atoms with van der Waals surface area (Å²) in [5.74, 6) is -0.424. The highest BCUT2D eigenvalue weighted by molar-refractivity contribution is 6.11. The van der Waals surface area contributed by atoms with Gasteiger partial charge in [0, 0.05) is 43.5 Å². The number of amides is 2. The Morgan fingerprint density at radius 3 is 1.93 bits per heavy atom. The van der Waals surface area contributed by atoms with E-state index in [0.717, 1.165) is 54.5 Å². The lowest BCUT2D eigenvalue weighted by Gasteiger charge is -2.49. The number of piperazine rings is 1. The third kappa shape index (κ3) is 5.53. The monoisotopic (exact) mass is 537 g/mol. The third-order valence-corrected chi connectivity index (χ3v) is 8.36. The van der Waals surface area contributed by atoms with E-state index in [-0.39, 0.29) is 30.1 Å². The average molecular weight is 538 g/mol. The molecular formula is C34H39N3O3. The van der Waals surface area contributed by atoms with Crippen molar-refractivity contribution in [2.75, 3.05) is 23.9 Å². The summed E-state index contributed by atoms with van der Waals surface area (Å²) >= 11 is 0. The maximum Gasteiger partial charge on any atom is 0.251 e. The predicted octanol–water partition coefficient (Wildman–Crippen LogP) is 6.26. The molecule has 6 nitrogen and oxygen atoms in total. The maximum absolute atomic E-state index is 14.6. The van der Waals surface area contributed by atoms with Gasteiger partial charge in [-0.05, 0) is 56.5 Å². The lowest BCUT2D eigenvalue weighted by molar-refractivity contribution is -0.150. The Morgan fingerprint density at radius 1 is 0.775 bits per heavy atom. The van der Waals surface area contributed by atoms with Crippen LogP contribution in [0.15, 0.2) is 72.8 Å². The molecule has 1 saturated heterocycles. The molecule has 1 aliphatic carbocycles. The van der Waals surface area contributed by atoms with Gasteiger partial charge in [-0.15, -0.1) is 0 Å². The molecule has 0 aromatic heterocycles. The molecule has 5 rings (SSSR count). The molecular weight excluding hydrogens is 498 g/mol. The summed E-state index contributed by atoms with van der Waals surface area (Å²) in [4.78, 5) is 48.2. The minimum atomic E-state index is -0.844. The summed E-state index contributed by atoms with van der Waals surface area (Å²) in [6, 6.07) is 21.3. The van der Waals surface area contributed by atoms with Crippen LogP contribution < -0.4 is 9.80 Å². The largest absolute Gasteiger partial charge is 0.378 e. The molecule has 1 heterocycles. The van der Waals surface area contributed by atoms with Crippen molar-refractivity contribution in [3.8, 4) is 0 Å². The highest BCUT2D eigenvalue weighted by atomic mass is 16.2. The van der Waals surface area contributed by atoms with Crippen molar-refractivity contribution >= 4 is 29.0 Å². The fraction of sp³-hybridized carbons (Fsp3) is 0.382. The quantitative estimate of drug-likeness (QED) is 0.334. The van der Waals surface area contributed by atoms with Crippen LogP contribution >= 0.6 is 0 Å². The van der Waals surface area contributed by atoms with Crippen LogP contribution in [0.1, 0.15) is 71.6 Å². The highest BCUT2D eigenvalue weighted by Crippen LogP contribution is 2.39. The van der Waals surface area contributed by atoms with E-state index in [2.05, 4.69) is 0 Å². The van der Waals surface area contributed by atoms with E-state index >= 15 is 0 Å². The molecule has 0 bridgehead atoms. The summed E-state index contributed by atoms with van der Waals surface area (Å²) in [6.07, 6.45) is 4.84. The number of rotatable bonds is 7. The van der Waals surface area contributed by atoms with Gasteiger partial charge in [-0.2, -0.15) is 0 Å². The molecule has 0 spiro atoms. The van der Waals surface area contributed by atoms with Gasteiger partial charge in [0.1, 0.15) is 12.1 Å². The summed E-state index contributed by atoms with van der Waals surface area (Å²) in [5, 5.41) is 0.